The Labute approximate surface area is 123 Å². The normalized spacial score (nSPS) is 26.7. The maximum atomic E-state index is 13.1. The maximum Gasteiger partial charge on any atom is 0.391 e. The van der Waals surface area contributed by atoms with Gasteiger partial charge in [-0.15, -0.1) is 0 Å². The number of hydrogen-bond donors (Lipinski definition) is 1. The van der Waals surface area contributed by atoms with Crippen molar-refractivity contribution in [2.45, 2.75) is 51.2 Å². The lowest BCUT2D eigenvalue weighted by Gasteiger charge is -2.40. The summed E-state index contributed by atoms with van der Waals surface area (Å²) in [6.45, 7) is 3.82. The van der Waals surface area contributed by atoms with Crippen LogP contribution in [-0.4, -0.2) is 13.3 Å². The summed E-state index contributed by atoms with van der Waals surface area (Å²) >= 11 is 0. The number of methoxy groups -OCH3 is 1. The van der Waals surface area contributed by atoms with Crippen molar-refractivity contribution in [1.82, 2.24) is 0 Å². The van der Waals surface area contributed by atoms with Crippen molar-refractivity contribution < 1.29 is 17.9 Å². The van der Waals surface area contributed by atoms with Crippen LogP contribution < -0.4 is 10.5 Å². The lowest BCUT2D eigenvalue weighted by atomic mass is 9.71. The molecule has 118 valence electrons. The van der Waals surface area contributed by atoms with Crippen LogP contribution in [0.4, 0.5) is 13.2 Å². The minimum Gasteiger partial charge on any atom is -0.496 e. The second kappa shape index (κ2) is 5.52. The standard InChI is InChI=1S/C16H22F3NO/c1-10-7-11(2)14(13(8-10)21-3)15(20)6-4-5-12(9-15)16(17,18)19/h7-8,12H,4-6,9,20H2,1-3H3. The molecule has 2 atom stereocenters. The van der Waals surface area contributed by atoms with E-state index in [4.69, 9.17) is 10.5 Å². The summed E-state index contributed by atoms with van der Waals surface area (Å²) < 4.78 is 44.6. The largest absolute Gasteiger partial charge is 0.496 e. The third-order valence-electron chi connectivity index (χ3n) is 4.41. The molecule has 1 aliphatic carbocycles. The average Bonchev–Trinajstić information content (AvgIpc) is 2.36. The minimum atomic E-state index is -4.18. The van der Waals surface area contributed by atoms with E-state index in [1.165, 1.54) is 7.11 Å². The molecule has 0 aromatic heterocycles. The van der Waals surface area contributed by atoms with Gasteiger partial charge in [0.1, 0.15) is 5.75 Å². The van der Waals surface area contributed by atoms with E-state index >= 15 is 0 Å². The number of nitrogens with two attached hydrogens (primary N) is 1. The van der Waals surface area contributed by atoms with Crippen molar-refractivity contribution in [3.05, 3.63) is 28.8 Å². The summed E-state index contributed by atoms with van der Waals surface area (Å²) in [5, 5.41) is 0. The SMILES string of the molecule is COc1cc(C)cc(C)c1C1(N)CCCC(C(F)(F)F)C1. The van der Waals surface area contributed by atoms with E-state index in [9.17, 15) is 13.2 Å². The number of halogens is 3. The first-order valence-electron chi connectivity index (χ1n) is 7.18. The summed E-state index contributed by atoms with van der Waals surface area (Å²) in [5.41, 5.74) is 8.08. The Morgan fingerprint density at radius 2 is 1.95 bits per heavy atom. The van der Waals surface area contributed by atoms with Crippen LogP contribution in [-0.2, 0) is 5.54 Å². The predicted octanol–water partition coefficient (Wildman–Crippen LogP) is 4.22. The zero-order valence-corrected chi connectivity index (χ0v) is 12.7. The van der Waals surface area contributed by atoms with E-state index in [1.807, 2.05) is 26.0 Å². The quantitative estimate of drug-likeness (QED) is 0.887. The number of hydrogen-bond acceptors (Lipinski definition) is 2. The van der Waals surface area contributed by atoms with E-state index in [-0.39, 0.29) is 12.8 Å². The van der Waals surface area contributed by atoms with Gasteiger partial charge >= 0.3 is 6.18 Å². The Balaban J connectivity index is 2.44. The molecule has 2 unspecified atom stereocenters. The average molecular weight is 301 g/mol. The molecule has 0 bridgehead atoms. The molecular weight excluding hydrogens is 279 g/mol. The van der Waals surface area contributed by atoms with Gasteiger partial charge < -0.3 is 10.5 Å². The van der Waals surface area contributed by atoms with Crippen molar-refractivity contribution in [3.8, 4) is 5.75 Å². The zero-order chi connectivity index (χ0) is 15.8. The second-order valence-corrected chi connectivity index (χ2v) is 6.15. The molecule has 1 aliphatic rings. The summed E-state index contributed by atoms with van der Waals surface area (Å²) in [6.07, 6.45) is -3.06. The van der Waals surface area contributed by atoms with Crippen molar-refractivity contribution in [1.29, 1.82) is 0 Å². The Morgan fingerprint density at radius 3 is 2.52 bits per heavy atom. The van der Waals surface area contributed by atoms with Gasteiger partial charge in [0, 0.05) is 11.1 Å². The molecule has 21 heavy (non-hydrogen) atoms. The highest BCUT2D eigenvalue weighted by Gasteiger charge is 2.47. The number of benzene rings is 1. The first-order valence-corrected chi connectivity index (χ1v) is 7.18. The van der Waals surface area contributed by atoms with Crippen molar-refractivity contribution in [2.75, 3.05) is 7.11 Å². The van der Waals surface area contributed by atoms with E-state index in [1.54, 1.807) is 0 Å². The molecule has 1 saturated carbocycles. The fraction of sp³-hybridized carbons (Fsp3) is 0.625. The van der Waals surface area contributed by atoms with E-state index in [0.717, 1.165) is 16.7 Å². The molecule has 0 heterocycles. The van der Waals surface area contributed by atoms with Gasteiger partial charge in [0.2, 0.25) is 0 Å². The van der Waals surface area contributed by atoms with Crippen molar-refractivity contribution in [2.24, 2.45) is 11.7 Å². The first-order chi connectivity index (χ1) is 9.67. The fourth-order valence-corrected chi connectivity index (χ4v) is 3.54. The summed E-state index contributed by atoms with van der Waals surface area (Å²) in [6, 6.07) is 3.79. The zero-order valence-electron chi connectivity index (χ0n) is 12.7. The van der Waals surface area contributed by atoms with E-state index in [0.29, 0.717) is 18.6 Å². The number of aryl methyl sites for hydroxylation is 2. The van der Waals surface area contributed by atoms with Crippen LogP contribution in [0.2, 0.25) is 0 Å². The van der Waals surface area contributed by atoms with Gasteiger partial charge in [0.15, 0.2) is 0 Å². The van der Waals surface area contributed by atoms with E-state index in [2.05, 4.69) is 0 Å². The Hall–Kier alpha value is -1.23. The molecule has 0 saturated heterocycles. The van der Waals surface area contributed by atoms with Crippen molar-refractivity contribution in [3.63, 3.8) is 0 Å². The van der Waals surface area contributed by atoms with E-state index < -0.39 is 17.6 Å². The van der Waals surface area contributed by atoms with Gasteiger partial charge in [-0.05, 0) is 50.3 Å². The molecular formula is C16H22F3NO. The molecule has 5 heteroatoms. The molecule has 1 fully saturated rings. The van der Waals surface area contributed by atoms with Crippen LogP contribution in [0.5, 0.6) is 5.75 Å². The second-order valence-electron chi connectivity index (χ2n) is 6.15. The summed E-state index contributed by atoms with van der Waals surface area (Å²) in [5.74, 6) is -0.737. The van der Waals surface area contributed by atoms with Gasteiger partial charge in [-0.25, -0.2) is 0 Å². The fourth-order valence-electron chi connectivity index (χ4n) is 3.54. The highest BCUT2D eigenvalue weighted by atomic mass is 19.4. The molecule has 2 N–H and O–H groups in total. The van der Waals surface area contributed by atoms with Gasteiger partial charge in [-0.2, -0.15) is 13.2 Å². The molecule has 1 aromatic rings. The van der Waals surface area contributed by atoms with Crippen LogP contribution in [0.25, 0.3) is 0 Å². The molecule has 0 radical (unpaired) electrons. The lowest BCUT2D eigenvalue weighted by molar-refractivity contribution is -0.187. The van der Waals surface area contributed by atoms with Crippen LogP contribution in [0, 0.1) is 19.8 Å². The molecule has 1 aromatic carbocycles. The Morgan fingerprint density at radius 1 is 1.29 bits per heavy atom. The Kier molecular flexibility index (Phi) is 4.24. The molecule has 0 spiro atoms. The third kappa shape index (κ3) is 3.18. The van der Waals surface area contributed by atoms with Crippen LogP contribution in [0.1, 0.15) is 42.4 Å². The summed E-state index contributed by atoms with van der Waals surface area (Å²) in [4.78, 5) is 0. The lowest BCUT2D eigenvalue weighted by Crippen LogP contribution is -2.45. The maximum absolute atomic E-state index is 13.1. The molecule has 2 rings (SSSR count). The Bertz CT molecular complexity index is 527. The highest BCUT2D eigenvalue weighted by molar-refractivity contribution is 5.47. The van der Waals surface area contributed by atoms with Crippen molar-refractivity contribution >= 4 is 0 Å². The monoisotopic (exact) mass is 301 g/mol. The van der Waals surface area contributed by atoms with Gasteiger partial charge in [-0.1, -0.05) is 12.5 Å². The van der Waals surface area contributed by atoms with Crippen LogP contribution in [0.3, 0.4) is 0 Å². The van der Waals surface area contributed by atoms with Gasteiger partial charge in [0.05, 0.1) is 13.0 Å². The summed E-state index contributed by atoms with van der Waals surface area (Å²) in [7, 11) is 1.53. The van der Waals surface area contributed by atoms with Gasteiger partial charge in [0.25, 0.3) is 0 Å². The molecule has 0 amide bonds. The smallest absolute Gasteiger partial charge is 0.391 e. The highest BCUT2D eigenvalue weighted by Crippen LogP contribution is 2.47. The third-order valence-corrected chi connectivity index (χ3v) is 4.41. The van der Waals surface area contributed by atoms with Crippen LogP contribution >= 0.6 is 0 Å². The first kappa shape index (κ1) is 16.1. The molecule has 0 aliphatic heterocycles. The molecule has 2 nitrogen and oxygen atoms in total. The number of alkyl halides is 3. The minimum absolute atomic E-state index is 0.0727. The van der Waals surface area contributed by atoms with Crippen LogP contribution in [0.15, 0.2) is 12.1 Å². The van der Waals surface area contributed by atoms with Gasteiger partial charge in [-0.3, -0.25) is 0 Å². The predicted molar refractivity (Wildman–Crippen MR) is 76.3 cm³/mol. The topological polar surface area (TPSA) is 35.2 Å². The number of ether oxygens (including phenoxy) is 1. The number of rotatable bonds is 2.